The van der Waals surface area contributed by atoms with Gasteiger partial charge < -0.3 is 9.47 Å². The predicted octanol–water partition coefficient (Wildman–Crippen LogP) is 5.17. The van der Waals surface area contributed by atoms with E-state index in [-0.39, 0.29) is 5.92 Å². The summed E-state index contributed by atoms with van der Waals surface area (Å²) in [5.74, 6) is 0.516. The van der Waals surface area contributed by atoms with Crippen molar-refractivity contribution in [2.75, 3.05) is 0 Å². The highest BCUT2D eigenvalue weighted by Crippen LogP contribution is 2.29. The van der Waals surface area contributed by atoms with Crippen LogP contribution >= 0.6 is 0 Å². The lowest BCUT2D eigenvalue weighted by atomic mass is 9.84. The lowest BCUT2D eigenvalue weighted by Crippen LogP contribution is -2.38. The quantitative estimate of drug-likeness (QED) is 0.561. The fourth-order valence-electron chi connectivity index (χ4n) is 3.84. The molecule has 1 fully saturated rings. The summed E-state index contributed by atoms with van der Waals surface area (Å²) in [6.07, 6.45) is 5.37. The number of hydrogen-bond acceptors (Lipinski definition) is 1. The van der Waals surface area contributed by atoms with Crippen LogP contribution in [-0.2, 0) is 24.4 Å². The van der Waals surface area contributed by atoms with Gasteiger partial charge in [0, 0.05) is 30.9 Å². The zero-order chi connectivity index (χ0) is 19.3. The minimum atomic E-state index is 0.212. The Balaban J connectivity index is 1.54. The Morgan fingerprint density at radius 3 is 2.43 bits per heavy atom. The summed E-state index contributed by atoms with van der Waals surface area (Å²) < 4.78 is 2.27. The molecular weight excluding hydrogens is 344 g/mol. The summed E-state index contributed by atoms with van der Waals surface area (Å²) in [4.78, 5) is 15.1. The summed E-state index contributed by atoms with van der Waals surface area (Å²) >= 11 is 0. The summed E-state index contributed by atoms with van der Waals surface area (Å²) in [7, 11) is 0. The molecule has 1 aliphatic carbocycles. The number of nitrogens with zero attached hydrogens (tertiary/aromatic N) is 2. The molecule has 1 saturated carbocycles. The molecule has 0 spiro atoms. The highest BCUT2D eigenvalue weighted by molar-refractivity contribution is 5.79. The molecule has 1 aromatic heterocycles. The van der Waals surface area contributed by atoms with E-state index in [0.29, 0.717) is 19.0 Å². The molecule has 3 nitrogen and oxygen atoms in total. The van der Waals surface area contributed by atoms with E-state index in [9.17, 15) is 4.79 Å². The first kappa shape index (κ1) is 18.5. The van der Waals surface area contributed by atoms with Gasteiger partial charge in [-0.15, -0.1) is 0 Å². The van der Waals surface area contributed by atoms with Crippen LogP contribution < -0.4 is 0 Å². The van der Waals surface area contributed by atoms with Crippen LogP contribution in [0.15, 0.2) is 72.9 Å². The molecule has 1 amide bonds. The van der Waals surface area contributed by atoms with Crippen LogP contribution in [0.1, 0.15) is 41.6 Å². The number of hydrogen-bond donors (Lipinski definition) is 0. The van der Waals surface area contributed by atoms with Gasteiger partial charge in [-0.1, -0.05) is 61.0 Å². The Morgan fingerprint density at radius 1 is 0.964 bits per heavy atom. The first-order valence-electron chi connectivity index (χ1n) is 10.2. The standard InChI is InChI=1S/C25H28N2O/c1-20-9-5-6-12-23(20)18-26-16-8-15-24(26)19-27(25(28)22-13-7-14-22)17-21-10-3-2-4-11-21/h2-6,8-12,15-16,22H,7,13-14,17-19H2,1H3. The summed E-state index contributed by atoms with van der Waals surface area (Å²) in [6, 6.07) is 23.1. The molecule has 0 atom stereocenters. The fourth-order valence-corrected chi connectivity index (χ4v) is 3.84. The summed E-state index contributed by atoms with van der Waals surface area (Å²) in [6.45, 7) is 4.32. The smallest absolute Gasteiger partial charge is 0.226 e. The molecule has 1 heterocycles. The highest BCUT2D eigenvalue weighted by Gasteiger charge is 2.29. The third kappa shape index (κ3) is 4.19. The molecule has 1 aliphatic rings. The van der Waals surface area contributed by atoms with Crippen molar-refractivity contribution in [1.82, 2.24) is 9.47 Å². The second-order valence-corrected chi connectivity index (χ2v) is 7.86. The molecule has 0 radical (unpaired) electrons. The second-order valence-electron chi connectivity index (χ2n) is 7.86. The maximum absolute atomic E-state index is 13.1. The number of benzene rings is 2. The van der Waals surface area contributed by atoms with Gasteiger partial charge in [0.1, 0.15) is 0 Å². The Kier molecular flexibility index (Phi) is 5.61. The lowest BCUT2D eigenvalue weighted by Gasteiger charge is -2.32. The van der Waals surface area contributed by atoms with Gasteiger partial charge in [0.05, 0.1) is 6.54 Å². The largest absolute Gasteiger partial charge is 0.345 e. The van der Waals surface area contributed by atoms with Gasteiger partial charge >= 0.3 is 0 Å². The van der Waals surface area contributed by atoms with Gasteiger partial charge in [0.25, 0.3) is 0 Å². The molecule has 3 aromatic rings. The van der Waals surface area contributed by atoms with Crippen molar-refractivity contribution in [2.24, 2.45) is 5.92 Å². The zero-order valence-electron chi connectivity index (χ0n) is 16.6. The van der Waals surface area contributed by atoms with E-state index in [1.807, 2.05) is 23.1 Å². The number of carbonyl (C=O) groups is 1. The van der Waals surface area contributed by atoms with E-state index in [1.165, 1.54) is 28.8 Å². The molecule has 0 N–H and O–H groups in total. The van der Waals surface area contributed by atoms with Crippen molar-refractivity contribution in [3.63, 3.8) is 0 Å². The number of carbonyl (C=O) groups excluding carboxylic acids is 1. The minimum Gasteiger partial charge on any atom is -0.345 e. The average Bonchev–Trinajstić information content (AvgIpc) is 3.09. The molecule has 144 valence electrons. The van der Waals surface area contributed by atoms with Crippen LogP contribution in [0.2, 0.25) is 0 Å². The van der Waals surface area contributed by atoms with E-state index >= 15 is 0 Å². The van der Waals surface area contributed by atoms with Gasteiger partial charge in [0.2, 0.25) is 5.91 Å². The average molecular weight is 373 g/mol. The molecule has 0 saturated heterocycles. The molecule has 28 heavy (non-hydrogen) atoms. The third-order valence-electron chi connectivity index (χ3n) is 5.86. The van der Waals surface area contributed by atoms with Crippen molar-refractivity contribution in [1.29, 1.82) is 0 Å². The van der Waals surface area contributed by atoms with Crippen molar-refractivity contribution < 1.29 is 4.79 Å². The van der Waals surface area contributed by atoms with Crippen LogP contribution in [-0.4, -0.2) is 15.4 Å². The molecule has 0 bridgehead atoms. The third-order valence-corrected chi connectivity index (χ3v) is 5.86. The molecule has 0 unspecified atom stereocenters. The molecule has 0 aliphatic heterocycles. The Morgan fingerprint density at radius 2 is 1.71 bits per heavy atom. The van der Waals surface area contributed by atoms with Crippen molar-refractivity contribution in [3.05, 3.63) is 95.3 Å². The second kappa shape index (κ2) is 8.47. The lowest BCUT2D eigenvalue weighted by molar-refractivity contribution is -0.139. The zero-order valence-corrected chi connectivity index (χ0v) is 16.6. The SMILES string of the molecule is Cc1ccccc1Cn1cccc1CN(Cc1ccccc1)C(=O)C1CCC1. The van der Waals surface area contributed by atoms with E-state index < -0.39 is 0 Å². The molecule has 2 aromatic carbocycles. The normalized spacial score (nSPS) is 13.9. The first-order valence-corrected chi connectivity index (χ1v) is 10.2. The van der Waals surface area contributed by atoms with Gasteiger partial charge in [-0.3, -0.25) is 4.79 Å². The van der Waals surface area contributed by atoms with E-state index in [4.69, 9.17) is 0 Å². The molecule has 4 rings (SSSR count). The Labute approximate surface area is 167 Å². The number of aryl methyl sites for hydroxylation is 1. The Bertz CT molecular complexity index is 924. The van der Waals surface area contributed by atoms with Crippen molar-refractivity contribution in [2.45, 2.75) is 45.8 Å². The van der Waals surface area contributed by atoms with Crippen LogP contribution in [0, 0.1) is 12.8 Å². The topological polar surface area (TPSA) is 25.2 Å². The van der Waals surface area contributed by atoms with Crippen LogP contribution in [0.4, 0.5) is 0 Å². The number of rotatable bonds is 7. The molecule has 3 heteroatoms. The Hall–Kier alpha value is -2.81. The summed E-state index contributed by atoms with van der Waals surface area (Å²) in [5.41, 5.74) is 4.99. The maximum atomic E-state index is 13.1. The van der Waals surface area contributed by atoms with Gasteiger partial charge in [-0.25, -0.2) is 0 Å². The molecular formula is C25H28N2O. The van der Waals surface area contributed by atoms with Gasteiger partial charge in [0.15, 0.2) is 0 Å². The van der Waals surface area contributed by atoms with Crippen molar-refractivity contribution in [3.8, 4) is 0 Å². The monoisotopic (exact) mass is 372 g/mol. The van der Waals surface area contributed by atoms with E-state index in [1.54, 1.807) is 0 Å². The van der Waals surface area contributed by atoms with Crippen molar-refractivity contribution >= 4 is 5.91 Å². The maximum Gasteiger partial charge on any atom is 0.226 e. The highest BCUT2D eigenvalue weighted by atomic mass is 16.2. The van der Waals surface area contributed by atoms with E-state index in [0.717, 1.165) is 19.4 Å². The van der Waals surface area contributed by atoms with E-state index in [2.05, 4.69) is 66.2 Å². The van der Waals surface area contributed by atoms with Crippen LogP contribution in [0.3, 0.4) is 0 Å². The summed E-state index contributed by atoms with van der Waals surface area (Å²) in [5, 5.41) is 0. The fraction of sp³-hybridized carbons (Fsp3) is 0.320. The minimum absolute atomic E-state index is 0.212. The van der Waals surface area contributed by atoms with Crippen LogP contribution in [0.5, 0.6) is 0 Å². The number of aromatic nitrogens is 1. The predicted molar refractivity (Wildman–Crippen MR) is 113 cm³/mol. The first-order chi connectivity index (χ1) is 13.7. The van der Waals surface area contributed by atoms with Crippen LogP contribution in [0.25, 0.3) is 0 Å². The van der Waals surface area contributed by atoms with Gasteiger partial charge in [-0.05, 0) is 48.6 Å². The van der Waals surface area contributed by atoms with Gasteiger partial charge in [-0.2, -0.15) is 0 Å². The number of amides is 1.